The molecule has 1 fully saturated rings. The summed E-state index contributed by atoms with van der Waals surface area (Å²) >= 11 is 0. The maximum atomic E-state index is 12.8. The second kappa shape index (κ2) is 6.67. The largest absolute Gasteiger partial charge is 0.295 e. The molecule has 1 saturated heterocycles. The Morgan fingerprint density at radius 1 is 1.04 bits per heavy atom. The molecular formula is C17H12N4O6. The minimum atomic E-state index is -1.35. The molecule has 2 aromatic carbocycles. The molecule has 1 aliphatic heterocycles. The fourth-order valence-corrected chi connectivity index (χ4v) is 2.70. The minimum Gasteiger partial charge on any atom is -0.295 e. The summed E-state index contributed by atoms with van der Waals surface area (Å²) in [5, 5.41) is 23.1. The number of nitro benzene ring substituents is 2. The van der Waals surface area contributed by atoms with Crippen LogP contribution in [0.2, 0.25) is 0 Å². The van der Waals surface area contributed by atoms with Gasteiger partial charge < -0.3 is 0 Å². The Hall–Kier alpha value is -4.08. The number of para-hydroxylation sites is 1. The summed E-state index contributed by atoms with van der Waals surface area (Å²) in [7, 11) is 0. The number of hydrogen-bond acceptors (Lipinski definition) is 7. The average molecular weight is 368 g/mol. The summed E-state index contributed by atoms with van der Waals surface area (Å²) in [6.45, 7) is 3.66. The number of carbonyl (C=O) groups excluding carboxylic acids is 2. The predicted molar refractivity (Wildman–Crippen MR) is 93.8 cm³/mol. The maximum Gasteiger partial charge on any atom is 0.277 e. The van der Waals surface area contributed by atoms with Crippen molar-refractivity contribution >= 4 is 28.8 Å². The van der Waals surface area contributed by atoms with E-state index >= 15 is 0 Å². The highest BCUT2D eigenvalue weighted by Crippen LogP contribution is 2.30. The molecule has 10 nitrogen and oxygen atoms in total. The molecule has 0 spiro atoms. The van der Waals surface area contributed by atoms with Crippen LogP contribution in [0.15, 0.2) is 60.8 Å². The lowest BCUT2D eigenvalue weighted by Gasteiger charge is -2.15. The van der Waals surface area contributed by atoms with Crippen LogP contribution in [0.3, 0.4) is 0 Å². The topological polar surface area (TPSA) is 136 Å². The van der Waals surface area contributed by atoms with Gasteiger partial charge in [-0.25, -0.2) is 5.01 Å². The molecule has 0 saturated carbocycles. The van der Waals surface area contributed by atoms with Gasteiger partial charge in [0.05, 0.1) is 21.6 Å². The summed E-state index contributed by atoms with van der Waals surface area (Å²) < 4.78 is 0. The molecule has 10 heteroatoms. The zero-order valence-corrected chi connectivity index (χ0v) is 13.7. The number of nitro groups is 2. The van der Waals surface area contributed by atoms with Crippen molar-refractivity contribution in [2.24, 2.45) is 5.92 Å². The molecule has 136 valence electrons. The third-order valence-corrected chi connectivity index (χ3v) is 3.96. The van der Waals surface area contributed by atoms with Crippen molar-refractivity contribution in [1.29, 1.82) is 0 Å². The number of benzene rings is 2. The Morgan fingerprint density at radius 3 is 2.11 bits per heavy atom. The average Bonchev–Trinajstić information content (AvgIpc) is 2.95. The highest BCUT2D eigenvalue weighted by atomic mass is 16.6. The minimum absolute atomic E-state index is 0.0722. The second-order valence-corrected chi connectivity index (χ2v) is 5.70. The first-order valence-electron chi connectivity index (χ1n) is 7.62. The van der Waals surface area contributed by atoms with Gasteiger partial charge in [0.25, 0.3) is 17.3 Å². The lowest BCUT2D eigenvalue weighted by atomic mass is 9.94. The molecule has 1 amide bonds. The monoisotopic (exact) mass is 368 g/mol. The first-order valence-corrected chi connectivity index (χ1v) is 7.62. The van der Waals surface area contributed by atoms with E-state index in [1.807, 2.05) is 0 Å². The first kappa shape index (κ1) is 17.7. The van der Waals surface area contributed by atoms with Crippen LogP contribution in [0.1, 0.15) is 10.4 Å². The Labute approximate surface area is 152 Å². The van der Waals surface area contributed by atoms with Crippen molar-refractivity contribution in [3.05, 3.63) is 86.6 Å². The van der Waals surface area contributed by atoms with Crippen LogP contribution in [0, 0.1) is 26.1 Å². The van der Waals surface area contributed by atoms with Gasteiger partial charge in [0.2, 0.25) is 0 Å². The molecule has 0 aliphatic carbocycles. The van der Waals surface area contributed by atoms with E-state index in [9.17, 15) is 29.8 Å². The molecule has 1 unspecified atom stereocenters. The van der Waals surface area contributed by atoms with E-state index in [2.05, 4.69) is 12.0 Å². The van der Waals surface area contributed by atoms with Crippen LogP contribution < -0.4 is 10.4 Å². The Balaban J connectivity index is 1.98. The molecule has 0 radical (unpaired) electrons. The number of Topliss-reactive ketones (excluding diaryl/α,β-unsaturated/α-hetero) is 1. The van der Waals surface area contributed by atoms with Crippen molar-refractivity contribution < 1.29 is 19.4 Å². The number of non-ortho nitro benzene ring substituents is 2. The van der Waals surface area contributed by atoms with E-state index in [1.54, 1.807) is 30.3 Å². The number of hydrazine groups is 1. The molecule has 27 heavy (non-hydrogen) atoms. The lowest BCUT2D eigenvalue weighted by molar-refractivity contribution is -0.394. The van der Waals surface area contributed by atoms with Crippen molar-refractivity contribution in [3.63, 3.8) is 0 Å². The smallest absolute Gasteiger partial charge is 0.277 e. The van der Waals surface area contributed by atoms with E-state index in [0.29, 0.717) is 5.69 Å². The fourth-order valence-electron chi connectivity index (χ4n) is 2.70. The number of carbonyl (C=O) groups is 2. The fraction of sp³-hybridized carbons (Fsp3) is 0.0588. The van der Waals surface area contributed by atoms with Gasteiger partial charge in [-0.2, -0.15) is 0 Å². The van der Waals surface area contributed by atoms with Crippen LogP contribution in [0.5, 0.6) is 0 Å². The van der Waals surface area contributed by atoms with Crippen molar-refractivity contribution in [2.45, 2.75) is 0 Å². The first-order chi connectivity index (χ1) is 12.8. The number of nitrogens with zero attached hydrogens (tertiary/aromatic N) is 3. The van der Waals surface area contributed by atoms with Gasteiger partial charge in [-0.15, -0.1) is 0 Å². The van der Waals surface area contributed by atoms with Gasteiger partial charge in [-0.3, -0.25) is 35.2 Å². The van der Waals surface area contributed by atoms with E-state index in [0.717, 1.165) is 23.2 Å². The SMILES string of the molecule is C=C1NN(c2ccccc2)C(=O)C1C(=O)c1cc([N+](=O)[O-])cc([N+](=O)[O-])c1. The van der Waals surface area contributed by atoms with E-state index in [-0.39, 0.29) is 11.3 Å². The van der Waals surface area contributed by atoms with Gasteiger partial charge in [0.15, 0.2) is 5.78 Å². The van der Waals surface area contributed by atoms with Crippen LogP contribution >= 0.6 is 0 Å². The van der Waals surface area contributed by atoms with E-state index in [4.69, 9.17) is 0 Å². The number of hydrogen-bond donors (Lipinski definition) is 1. The quantitative estimate of drug-likeness (QED) is 0.370. The summed E-state index contributed by atoms with van der Waals surface area (Å²) in [5.74, 6) is -2.81. The lowest BCUT2D eigenvalue weighted by Crippen LogP contribution is -2.35. The second-order valence-electron chi connectivity index (χ2n) is 5.70. The van der Waals surface area contributed by atoms with E-state index < -0.39 is 38.8 Å². The number of ketones is 1. The molecular weight excluding hydrogens is 356 g/mol. The number of anilines is 1. The summed E-state index contributed by atoms with van der Waals surface area (Å²) in [4.78, 5) is 45.8. The normalized spacial score (nSPS) is 16.1. The third kappa shape index (κ3) is 3.23. The molecule has 0 bridgehead atoms. The van der Waals surface area contributed by atoms with Crippen LogP contribution in [0.4, 0.5) is 17.1 Å². The van der Waals surface area contributed by atoms with Crippen molar-refractivity contribution in [3.8, 4) is 0 Å². The van der Waals surface area contributed by atoms with Gasteiger partial charge in [0.1, 0.15) is 5.92 Å². The van der Waals surface area contributed by atoms with Crippen LogP contribution in [0.25, 0.3) is 0 Å². The zero-order valence-electron chi connectivity index (χ0n) is 13.7. The molecule has 3 rings (SSSR count). The highest BCUT2D eigenvalue weighted by molar-refractivity contribution is 6.18. The van der Waals surface area contributed by atoms with Crippen molar-refractivity contribution in [1.82, 2.24) is 5.43 Å². The summed E-state index contributed by atoms with van der Waals surface area (Å²) in [6.07, 6.45) is 0. The van der Waals surface area contributed by atoms with Gasteiger partial charge in [0, 0.05) is 23.4 Å². The highest BCUT2D eigenvalue weighted by Gasteiger charge is 2.41. The predicted octanol–water partition coefficient (Wildman–Crippen LogP) is 2.37. The Bertz CT molecular complexity index is 956. The molecule has 1 atom stereocenters. The summed E-state index contributed by atoms with van der Waals surface area (Å²) in [6, 6.07) is 11.0. The maximum absolute atomic E-state index is 12.8. The van der Waals surface area contributed by atoms with Gasteiger partial charge in [-0.1, -0.05) is 24.8 Å². The molecule has 2 aromatic rings. The van der Waals surface area contributed by atoms with Crippen molar-refractivity contribution in [2.75, 3.05) is 5.01 Å². The number of rotatable bonds is 5. The van der Waals surface area contributed by atoms with Gasteiger partial charge in [-0.05, 0) is 12.1 Å². The third-order valence-electron chi connectivity index (χ3n) is 3.96. The molecule has 0 aromatic heterocycles. The zero-order chi connectivity index (χ0) is 19.7. The number of nitrogens with one attached hydrogen (secondary N) is 1. The van der Waals surface area contributed by atoms with Gasteiger partial charge >= 0.3 is 0 Å². The Kier molecular flexibility index (Phi) is 4.38. The molecule has 1 heterocycles. The van der Waals surface area contributed by atoms with E-state index in [1.165, 1.54) is 0 Å². The molecule has 1 N–H and O–H groups in total. The van der Waals surface area contributed by atoms with Crippen LogP contribution in [-0.2, 0) is 4.79 Å². The summed E-state index contributed by atoms with van der Waals surface area (Å²) in [5.41, 5.74) is 1.70. The molecule has 1 aliphatic rings. The Morgan fingerprint density at radius 2 is 1.59 bits per heavy atom. The number of amides is 1. The standard InChI is InChI=1S/C17H12N4O6/c1-10-15(17(23)19(18-10)12-5-3-2-4-6-12)16(22)11-7-13(20(24)25)9-14(8-11)21(26)27/h2-9,15,18H,1H2. The van der Waals surface area contributed by atoms with Crippen LogP contribution in [-0.4, -0.2) is 21.5 Å².